The standard InChI is InChI=1S/C19H17N5O3/c1-24(11-12-2-7-16-17(10-12)23-27-22-16)18(19(25)26)14-5-3-13(4-6-14)15-8-9-20-21-15/h2-10,18H,11H2,1H3,(H,20,21)(H,25,26). The van der Waals surface area contributed by atoms with E-state index in [-0.39, 0.29) is 0 Å². The zero-order valence-corrected chi connectivity index (χ0v) is 14.5. The van der Waals surface area contributed by atoms with Gasteiger partial charge in [0.1, 0.15) is 17.1 Å². The summed E-state index contributed by atoms with van der Waals surface area (Å²) in [4.78, 5) is 13.7. The van der Waals surface area contributed by atoms with Crippen LogP contribution < -0.4 is 0 Å². The summed E-state index contributed by atoms with van der Waals surface area (Å²) in [6, 6.07) is 14.1. The fourth-order valence-corrected chi connectivity index (χ4v) is 3.15. The van der Waals surface area contributed by atoms with Crippen LogP contribution in [0.4, 0.5) is 0 Å². The van der Waals surface area contributed by atoms with Crippen molar-refractivity contribution < 1.29 is 14.5 Å². The van der Waals surface area contributed by atoms with Crippen LogP contribution in [0.25, 0.3) is 22.3 Å². The highest BCUT2D eigenvalue weighted by Gasteiger charge is 2.25. The third kappa shape index (κ3) is 3.42. The summed E-state index contributed by atoms with van der Waals surface area (Å²) in [5.74, 6) is -0.907. The van der Waals surface area contributed by atoms with E-state index in [9.17, 15) is 9.90 Å². The number of rotatable bonds is 6. The Morgan fingerprint density at radius 2 is 1.93 bits per heavy atom. The van der Waals surface area contributed by atoms with Gasteiger partial charge in [-0.3, -0.25) is 14.8 Å². The molecule has 0 aliphatic carbocycles. The molecule has 2 N–H and O–H groups in total. The lowest BCUT2D eigenvalue weighted by atomic mass is 10.0. The first-order valence-corrected chi connectivity index (χ1v) is 8.36. The topological polar surface area (TPSA) is 108 Å². The van der Waals surface area contributed by atoms with Gasteiger partial charge < -0.3 is 5.11 Å². The third-order valence-electron chi connectivity index (χ3n) is 4.46. The molecule has 1 unspecified atom stereocenters. The van der Waals surface area contributed by atoms with E-state index in [0.717, 1.165) is 16.8 Å². The number of hydrogen-bond acceptors (Lipinski definition) is 6. The zero-order chi connectivity index (χ0) is 18.8. The van der Waals surface area contributed by atoms with Gasteiger partial charge >= 0.3 is 5.97 Å². The van der Waals surface area contributed by atoms with Gasteiger partial charge in [0.05, 0.1) is 5.69 Å². The number of likely N-dealkylation sites (N-methyl/N-ethyl adjacent to an activating group) is 1. The van der Waals surface area contributed by atoms with Gasteiger partial charge in [-0.05, 0) is 52.3 Å². The molecule has 0 saturated heterocycles. The molecule has 2 aromatic carbocycles. The number of aromatic amines is 1. The summed E-state index contributed by atoms with van der Waals surface area (Å²) in [5, 5.41) is 24.2. The molecule has 2 heterocycles. The van der Waals surface area contributed by atoms with Crippen molar-refractivity contribution in [1.29, 1.82) is 0 Å². The Balaban J connectivity index is 1.56. The molecule has 1 atom stereocenters. The molecular weight excluding hydrogens is 346 g/mol. The first-order valence-electron chi connectivity index (χ1n) is 8.36. The monoisotopic (exact) mass is 363 g/mol. The molecule has 0 aliphatic heterocycles. The van der Waals surface area contributed by atoms with Gasteiger partial charge in [0.2, 0.25) is 0 Å². The van der Waals surface area contributed by atoms with Crippen molar-refractivity contribution in [2.75, 3.05) is 7.05 Å². The van der Waals surface area contributed by atoms with Crippen LogP contribution in [0.2, 0.25) is 0 Å². The molecule has 4 aromatic rings. The Morgan fingerprint density at radius 1 is 1.15 bits per heavy atom. The van der Waals surface area contributed by atoms with Crippen molar-refractivity contribution in [3.8, 4) is 11.3 Å². The van der Waals surface area contributed by atoms with Crippen molar-refractivity contribution in [1.82, 2.24) is 25.4 Å². The summed E-state index contributed by atoms with van der Waals surface area (Å²) in [6.07, 6.45) is 1.68. The second-order valence-electron chi connectivity index (χ2n) is 6.34. The molecule has 0 radical (unpaired) electrons. The molecule has 2 aromatic heterocycles. The molecule has 0 bridgehead atoms. The lowest BCUT2D eigenvalue weighted by Crippen LogP contribution is -2.30. The number of hydrogen-bond donors (Lipinski definition) is 2. The van der Waals surface area contributed by atoms with Crippen LogP contribution in [0.3, 0.4) is 0 Å². The summed E-state index contributed by atoms with van der Waals surface area (Å²) < 4.78 is 4.71. The van der Waals surface area contributed by atoms with E-state index in [0.29, 0.717) is 23.1 Å². The van der Waals surface area contributed by atoms with E-state index in [1.165, 1.54) is 0 Å². The van der Waals surface area contributed by atoms with Crippen LogP contribution >= 0.6 is 0 Å². The van der Waals surface area contributed by atoms with E-state index >= 15 is 0 Å². The predicted octanol–water partition coefficient (Wildman–Crippen LogP) is 2.87. The lowest BCUT2D eigenvalue weighted by molar-refractivity contribution is -0.143. The van der Waals surface area contributed by atoms with Crippen LogP contribution in [0.1, 0.15) is 17.2 Å². The van der Waals surface area contributed by atoms with E-state index in [1.54, 1.807) is 18.1 Å². The molecule has 0 aliphatic rings. The van der Waals surface area contributed by atoms with Crippen LogP contribution in [-0.4, -0.2) is 43.5 Å². The van der Waals surface area contributed by atoms with E-state index in [4.69, 9.17) is 4.63 Å². The van der Waals surface area contributed by atoms with E-state index in [2.05, 4.69) is 20.5 Å². The Bertz CT molecular complexity index is 1060. The van der Waals surface area contributed by atoms with Crippen LogP contribution in [0.5, 0.6) is 0 Å². The first kappa shape index (κ1) is 16.9. The van der Waals surface area contributed by atoms with Gasteiger partial charge in [-0.2, -0.15) is 5.10 Å². The quantitative estimate of drug-likeness (QED) is 0.542. The molecule has 8 heteroatoms. The van der Waals surface area contributed by atoms with Crippen molar-refractivity contribution in [3.63, 3.8) is 0 Å². The summed E-state index contributed by atoms with van der Waals surface area (Å²) in [6.45, 7) is 0.446. The van der Waals surface area contributed by atoms with E-state index in [1.807, 2.05) is 48.5 Å². The van der Waals surface area contributed by atoms with Crippen molar-refractivity contribution >= 4 is 17.0 Å². The number of fused-ring (bicyclic) bond motifs is 1. The SMILES string of the molecule is CN(Cc1ccc2nonc2c1)C(C(=O)O)c1ccc(-c2ccn[nH]2)cc1. The predicted molar refractivity (Wildman–Crippen MR) is 97.7 cm³/mol. The largest absolute Gasteiger partial charge is 0.480 e. The number of carbonyl (C=O) groups is 1. The number of H-pyrrole nitrogens is 1. The average molecular weight is 363 g/mol. The summed E-state index contributed by atoms with van der Waals surface area (Å²) in [7, 11) is 1.78. The number of aliphatic carboxylic acids is 1. The maximum atomic E-state index is 11.9. The molecule has 136 valence electrons. The molecule has 4 rings (SSSR count). The summed E-state index contributed by atoms with van der Waals surface area (Å²) in [5.41, 5.74) is 4.80. The van der Waals surface area contributed by atoms with Gasteiger partial charge in [0, 0.05) is 12.7 Å². The molecular formula is C19H17N5O3. The first-order chi connectivity index (χ1) is 13.1. The van der Waals surface area contributed by atoms with Gasteiger partial charge in [0.25, 0.3) is 0 Å². The van der Waals surface area contributed by atoms with Crippen molar-refractivity contribution in [2.45, 2.75) is 12.6 Å². The zero-order valence-electron chi connectivity index (χ0n) is 14.5. The van der Waals surface area contributed by atoms with Crippen molar-refractivity contribution in [3.05, 3.63) is 65.9 Å². The fraction of sp³-hybridized carbons (Fsp3) is 0.158. The molecule has 27 heavy (non-hydrogen) atoms. The Kier molecular flexibility index (Phi) is 4.39. The minimum absolute atomic E-state index is 0.446. The normalized spacial score (nSPS) is 12.5. The van der Waals surface area contributed by atoms with Gasteiger partial charge in [-0.15, -0.1) is 0 Å². The van der Waals surface area contributed by atoms with Gasteiger partial charge in [-0.1, -0.05) is 30.3 Å². The minimum Gasteiger partial charge on any atom is -0.480 e. The van der Waals surface area contributed by atoms with Gasteiger partial charge in [0.15, 0.2) is 0 Å². The maximum Gasteiger partial charge on any atom is 0.325 e. The highest BCUT2D eigenvalue weighted by molar-refractivity contribution is 5.76. The number of nitrogens with one attached hydrogen (secondary N) is 1. The van der Waals surface area contributed by atoms with Crippen LogP contribution in [0.15, 0.2) is 59.4 Å². The fourth-order valence-electron chi connectivity index (χ4n) is 3.15. The number of aromatic nitrogens is 4. The second kappa shape index (κ2) is 7.00. The molecule has 0 spiro atoms. The number of benzene rings is 2. The maximum absolute atomic E-state index is 11.9. The number of nitrogens with zero attached hydrogens (tertiary/aromatic N) is 4. The van der Waals surface area contributed by atoms with E-state index < -0.39 is 12.0 Å². The molecule has 0 amide bonds. The average Bonchev–Trinajstić information content (AvgIpc) is 3.33. The third-order valence-corrected chi connectivity index (χ3v) is 4.46. The second-order valence-corrected chi connectivity index (χ2v) is 6.34. The summed E-state index contributed by atoms with van der Waals surface area (Å²) >= 11 is 0. The minimum atomic E-state index is -0.907. The highest BCUT2D eigenvalue weighted by Crippen LogP contribution is 2.25. The van der Waals surface area contributed by atoms with Crippen LogP contribution in [0, 0.1) is 0 Å². The van der Waals surface area contributed by atoms with Crippen molar-refractivity contribution in [2.24, 2.45) is 0 Å². The Hall–Kier alpha value is -3.52. The highest BCUT2D eigenvalue weighted by atomic mass is 16.6. The number of carboxylic acids is 1. The molecule has 8 nitrogen and oxygen atoms in total. The Morgan fingerprint density at radius 3 is 2.63 bits per heavy atom. The van der Waals surface area contributed by atoms with Gasteiger partial charge in [-0.25, -0.2) is 4.63 Å². The smallest absolute Gasteiger partial charge is 0.325 e. The lowest BCUT2D eigenvalue weighted by Gasteiger charge is -2.25. The molecule has 0 fully saturated rings. The number of carboxylic acid groups (broad SMARTS) is 1. The molecule has 0 saturated carbocycles. The Labute approximate surface area is 154 Å². The van der Waals surface area contributed by atoms with Crippen LogP contribution in [-0.2, 0) is 11.3 Å².